The van der Waals surface area contributed by atoms with Crippen LogP contribution in [0, 0.1) is 6.92 Å². The Labute approximate surface area is 224 Å². The molecule has 0 fully saturated rings. The highest BCUT2D eigenvalue weighted by Crippen LogP contribution is 2.31. The van der Waals surface area contributed by atoms with E-state index >= 15 is 0 Å². The van der Waals surface area contributed by atoms with Gasteiger partial charge in [-0.15, -0.1) is 0 Å². The first-order chi connectivity index (χ1) is 18.7. The molecular formula is C28H20F3N5O2S. The van der Waals surface area contributed by atoms with Gasteiger partial charge >= 0.3 is 6.18 Å². The van der Waals surface area contributed by atoms with E-state index in [-0.39, 0.29) is 11.5 Å². The lowest BCUT2D eigenvalue weighted by Crippen LogP contribution is -2.15. The minimum Gasteiger partial charge on any atom is -0.322 e. The van der Waals surface area contributed by atoms with Gasteiger partial charge in [0.1, 0.15) is 5.82 Å². The molecule has 0 spiro atoms. The van der Waals surface area contributed by atoms with Gasteiger partial charge in [-0.25, -0.2) is 9.97 Å². The minimum absolute atomic E-state index is 0.134. The molecule has 2 amide bonds. The van der Waals surface area contributed by atoms with Crippen molar-refractivity contribution in [3.63, 3.8) is 0 Å². The number of hydrogen-bond donors (Lipinski definition) is 3. The van der Waals surface area contributed by atoms with Crippen molar-refractivity contribution >= 4 is 55.7 Å². The van der Waals surface area contributed by atoms with Gasteiger partial charge in [0.05, 0.1) is 15.8 Å². The molecule has 0 unspecified atom stereocenters. The second kappa shape index (κ2) is 10.5. The summed E-state index contributed by atoms with van der Waals surface area (Å²) in [5, 5.41) is 9.21. The Balaban J connectivity index is 1.30. The van der Waals surface area contributed by atoms with Gasteiger partial charge in [-0.1, -0.05) is 29.5 Å². The molecule has 2 aromatic heterocycles. The van der Waals surface area contributed by atoms with E-state index in [1.54, 1.807) is 49.5 Å². The standard InChI is InChI=1S/C28H20F3N5O2S/c1-16-8-10-20(33-25(37)17-5-4-6-19(13-17)28(29,30)31)15-22(16)34-26(38)18-9-11-21-23(14-18)39-27(35-21)36-24-7-2-3-12-32-24/h2-15H,1H3,(H,33,37)(H,34,38)(H,32,35,36). The lowest BCUT2D eigenvalue weighted by Gasteiger charge is -2.13. The van der Waals surface area contributed by atoms with Gasteiger partial charge in [0.15, 0.2) is 5.13 Å². The SMILES string of the molecule is Cc1ccc(NC(=O)c2cccc(C(F)(F)F)c2)cc1NC(=O)c1ccc2nc(Nc3ccccn3)sc2c1. The number of rotatable bonds is 6. The molecule has 0 aliphatic rings. The predicted molar refractivity (Wildman–Crippen MR) is 146 cm³/mol. The average molecular weight is 548 g/mol. The van der Waals surface area contributed by atoms with Crippen molar-refractivity contribution in [3.05, 3.63) is 107 Å². The zero-order chi connectivity index (χ0) is 27.6. The van der Waals surface area contributed by atoms with Crippen LogP contribution in [-0.2, 0) is 6.18 Å². The van der Waals surface area contributed by atoms with Crippen molar-refractivity contribution in [2.24, 2.45) is 0 Å². The molecule has 0 saturated heterocycles. The van der Waals surface area contributed by atoms with E-state index in [2.05, 4.69) is 25.9 Å². The number of nitrogens with one attached hydrogen (secondary N) is 3. The van der Waals surface area contributed by atoms with Gasteiger partial charge in [0.25, 0.3) is 11.8 Å². The quantitative estimate of drug-likeness (QED) is 0.208. The third-order valence-electron chi connectivity index (χ3n) is 5.75. The minimum atomic E-state index is -4.56. The van der Waals surface area contributed by atoms with Crippen molar-refractivity contribution in [3.8, 4) is 0 Å². The van der Waals surface area contributed by atoms with E-state index in [0.29, 0.717) is 27.9 Å². The van der Waals surface area contributed by atoms with Gasteiger partial charge < -0.3 is 16.0 Å². The highest BCUT2D eigenvalue weighted by Gasteiger charge is 2.30. The summed E-state index contributed by atoms with van der Waals surface area (Å²) in [4.78, 5) is 34.4. The molecule has 2 heterocycles. The predicted octanol–water partition coefficient (Wildman–Crippen LogP) is 7.27. The van der Waals surface area contributed by atoms with E-state index in [1.165, 1.54) is 23.5 Å². The van der Waals surface area contributed by atoms with Crippen LogP contribution in [0.4, 0.5) is 35.5 Å². The molecule has 196 valence electrons. The summed E-state index contributed by atoms with van der Waals surface area (Å²) in [6.45, 7) is 1.79. The number of alkyl halides is 3. The summed E-state index contributed by atoms with van der Waals surface area (Å²) in [7, 11) is 0. The maximum Gasteiger partial charge on any atom is 0.416 e. The zero-order valence-electron chi connectivity index (χ0n) is 20.3. The average Bonchev–Trinajstić information content (AvgIpc) is 3.32. The van der Waals surface area contributed by atoms with Crippen molar-refractivity contribution in [2.45, 2.75) is 13.1 Å². The van der Waals surface area contributed by atoms with E-state index in [0.717, 1.165) is 27.9 Å². The van der Waals surface area contributed by atoms with Gasteiger partial charge in [-0.3, -0.25) is 9.59 Å². The van der Waals surface area contributed by atoms with Gasteiger partial charge in [0, 0.05) is 28.7 Å². The summed E-state index contributed by atoms with van der Waals surface area (Å²) in [6, 6.07) is 19.7. The smallest absolute Gasteiger partial charge is 0.322 e. The number of nitrogens with zero attached hydrogens (tertiary/aromatic N) is 2. The number of carbonyl (C=O) groups excluding carboxylic acids is 2. The maximum atomic E-state index is 13.0. The summed E-state index contributed by atoms with van der Waals surface area (Å²) in [5.74, 6) is -0.410. The summed E-state index contributed by atoms with van der Waals surface area (Å²) < 4.78 is 39.8. The molecule has 0 radical (unpaired) electrons. The van der Waals surface area contributed by atoms with Crippen LogP contribution in [0.25, 0.3) is 10.2 Å². The van der Waals surface area contributed by atoms with Crippen LogP contribution >= 0.6 is 11.3 Å². The highest BCUT2D eigenvalue weighted by atomic mass is 32.1. The third-order valence-corrected chi connectivity index (χ3v) is 6.68. The fourth-order valence-electron chi connectivity index (χ4n) is 3.73. The first-order valence-corrected chi connectivity index (χ1v) is 12.5. The van der Waals surface area contributed by atoms with Gasteiger partial charge in [-0.05, 0) is 73.2 Å². The zero-order valence-corrected chi connectivity index (χ0v) is 21.2. The number of hydrogen-bond acceptors (Lipinski definition) is 6. The van der Waals surface area contributed by atoms with Crippen LogP contribution in [0.1, 0.15) is 31.8 Å². The van der Waals surface area contributed by atoms with Crippen LogP contribution < -0.4 is 16.0 Å². The second-order valence-electron chi connectivity index (χ2n) is 8.56. The number of thiazole rings is 1. The Bertz CT molecular complexity index is 1690. The Kier molecular flexibility index (Phi) is 6.99. The molecule has 3 N–H and O–H groups in total. The number of aryl methyl sites for hydroxylation is 1. The number of carbonyl (C=O) groups is 2. The highest BCUT2D eigenvalue weighted by molar-refractivity contribution is 7.22. The molecule has 39 heavy (non-hydrogen) atoms. The molecular weight excluding hydrogens is 527 g/mol. The van der Waals surface area contributed by atoms with Crippen molar-refractivity contribution in [1.82, 2.24) is 9.97 Å². The van der Waals surface area contributed by atoms with E-state index in [1.807, 2.05) is 18.2 Å². The molecule has 0 saturated carbocycles. The van der Waals surface area contributed by atoms with E-state index < -0.39 is 17.6 Å². The van der Waals surface area contributed by atoms with Crippen LogP contribution in [-0.4, -0.2) is 21.8 Å². The lowest BCUT2D eigenvalue weighted by molar-refractivity contribution is -0.137. The lowest BCUT2D eigenvalue weighted by atomic mass is 10.1. The number of pyridine rings is 1. The Morgan fingerprint density at radius 2 is 1.64 bits per heavy atom. The number of benzene rings is 3. The number of fused-ring (bicyclic) bond motifs is 1. The van der Waals surface area contributed by atoms with E-state index in [4.69, 9.17) is 0 Å². The first kappa shape index (κ1) is 25.9. The molecule has 7 nitrogen and oxygen atoms in total. The molecule has 0 aliphatic carbocycles. The van der Waals surface area contributed by atoms with Crippen molar-refractivity contribution in [1.29, 1.82) is 0 Å². The number of halogens is 3. The molecule has 5 aromatic rings. The number of amides is 2. The molecule has 11 heteroatoms. The van der Waals surface area contributed by atoms with Crippen molar-refractivity contribution < 1.29 is 22.8 Å². The summed E-state index contributed by atoms with van der Waals surface area (Å²) in [5.41, 5.74) is 1.60. The molecule has 0 atom stereocenters. The maximum absolute atomic E-state index is 13.0. The fourth-order valence-corrected chi connectivity index (χ4v) is 4.65. The topological polar surface area (TPSA) is 96.0 Å². The monoisotopic (exact) mass is 547 g/mol. The number of anilines is 4. The third kappa shape index (κ3) is 6.04. The normalized spacial score (nSPS) is 11.3. The Hall–Kier alpha value is -4.77. The van der Waals surface area contributed by atoms with Gasteiger partial charge in [0.2, 0.25) is 0 Å². The fraction of sp³-hybridized carbons (Fsp3) is 0.0714. The summed E-state index contributed by atoms with van der Waals surface area (Å²) >= 11 is 1.38. The van der Waals surface area contributed by atoms with Crippen LogP contribution in [0.5, 0.6) is 0 Å². The first-order valence-electron chi connectivity index (χ1n) is 11.6. The van der Waals surface area contributed by atoms with Gasteiger partial charge in [-0.2, -0.15) is 13.2 Å². The molecule has 0 bridgehead atoms. The van der Waals surface area contributed by atoms with Crippen LogP contribution in [0.15, 0.2) is 85.1 Å². The van der Waals surface area contributed by atoms with Crippen LogP contribution in [0.3, 0.4) is 0 Å². The largest absolute Gasteiger partial charge is 0.416 e. The Morgan fingerprint density at radius 1 is 0.846 bits per heavy atom. The molecule has 0 aliphatic heterocycles. The second-order valence-corrected chi connectivity index (χ2v) is 9.59. The molecule has 5 rings (SSSR count). The van der Waals surface area contributed by atoms with Crippen LogP contribution in [0.2, 0.25) is 0 Å². The van der Waals surface area contributed by atoms with E-state index in [9.17, 15) is 22.8 Å². The van der Waals surface area contributed by atoms with Crippen molar-refractivity contribution in [2.75, 3.05) is 16.0 Å². The summed E-state index contributed by atoms with van der Waals surface area (Å²) in [6.07, 6.45) is -2.89. The number of aromatic nitrogens is 2. The molecule has 3 aromatic carbocycles. The Morgan fingerprint density at radius 3 is 2.41 bits per heavy atom.